The Kier molecular flexibility index (Phi) is 7.46. The summed E-state index contributed by atoms with van der Waals surface area (Å²) < 4.78 is 7.11. The first-order chi connectivity index (χ1) is 12.3. The van der Waals surface area contributed by atoms with Crippen molar-refractivity contribution >= 4 is 34.2 Å². The van der Waals surface area contributed by atoms with Crippen LogP contribution in [0.25, 0.3) is 0 Å². The number of carbonyl (C=O) groups is 1. The Bertz CT molecular complexity index is 721. The van der Waals surface area contributed by atoms with E-state index in [4.69, 9.17) is 4.74 Å². The lowest BCUT2D eigenvalue weighted by Crippen LogP contribution is -2.46. The lowest BCUT2D eigenvalue weighted by molar-refractivity contribution is -0.00560. The fourth-order valence-electron chi connectivity index (χ4n) is 3.14. The van der Waals surface area contributed by atoms with Crippen LogP contribution >= 0.6 is 22.6 Å². The molecule has 0 saturated carbocycles. The quantitative estimate of drug-likeness (QED) is 0.440. The zero-order valence-corrected chi connectivity index (χ0v) is 18.2. The molecule has 2 rings (SSSR count). The second-order valence-electron chi connectivity index (χ2n) is 6.84. The van der Waals surface area contributed by atoms with Gasteiger partial charge in [0.2, 0.25) is 0 Å². The van der Waals surface area contributed by atoms with Crippen molar-refractivity contribution in [3.63, 3.8) is 0 Å². The molecule has 2 aromatic rings. The average molecular weight is 466 g/mol. The van der Waals surface area contributed by atoms with E-state index in [0.29, 0.717) is 17.6 Å². The Morgan fingerprint density at radius 2 is 1.62 bits per heavy atom. The van der Waals surface area contributed by atoms with E-state index in [1.165, 1.54) is 0 Å². The maximum Gasteiger partial charge on any atom is 0.255 e. The standard InChI is InChI=1S/C21H27IN2O2/c1-14(2)24(15(3)4)16(5)26-20-11-9-19(10-12-20)23-21(25)17-7-6-8-18(22)13-17/h6-16H,1-5H3,(H,23,25). The predicted octanol–water partition coefficient (Wildman–Crippen LogP) is 5.39. The molecule has 0 aromatic heterocycles. The molecule has 0 heterocycles. The number of hydrogen-bond acceptors (Lipinski definition) is 3. The molecule has 1 atom stereocenters. The van der Waals surface area contributed by atoms with E-state index < -0.39 is 0 Å². The highest BCUT2D eigenvalue weighted by atomic mass is 127. The second kappa shape index (κ2) is 9.37. The number of rotatable bonds is 7. The molecule has 5 heteroatoms. The predicted molar refractivity (Wildman–Crippen MR) is 116 cm³/mol. The summed E-state index contributed by atoms with van der Waals surface area (Å²) in [6, 6.07) is 15.8. The van der Waals surface area contributed by atoms with Crippen LogP contribution in [0.15, 0.2) is 48.5 Å². The minimum absolute atomic E-state index is 0.0261. The molecular weight excluding hydrogens is 439 g/mol. The molecule has 0 spiro atoms. The smallest absolute Gasteiger partial charge is 0.255 e. The van der Waals surface area contributed by atoms with Gasteiger partial charge in [-0.1, -0.05) is 6.07 Å². The summed E-state index contributed by atoms with van der Waals surface area (Å²) in [6.45, 7) is 10.7. The lowest BCUT2D eigenvalue weighted by Gasteiger charge is -2.36. The molecule has 2 aromatic carbocycles. The average Bonchev–Trinajstić information content (AvgIpc) is 2.56. The molecule has 0 aliphatic carbocycles. The topological polar surface area (TPSA) is 41.6 Å². The Labute approximate surface area is 170 Å². The van der Waals surface area contributed by atoms with E-state index in [9.17, 15) is 4.79 Å². The van der Waals surface area contributed by atoms with Crippen LogP contribution in [0.2, 0.25) is 0 Å². The minimum atomic E-state index is -0.114. The van der Waals surface area contributed by atoms with E-state index >= 15 is 0 Å². The van der Waals surface area contributed by atoms with Crippen LogP contribution in [-0.4, -0.2) is 29.1 Å². The first kappa shape index (κ1) is 20.7. The van der Waals surface area contributed by atoms with Gasteiger partial charge in [0, 0.05) is 26.9 Å². The molecule has 26 heavy (non-hydrogen) atoms. The van der Waals surface area contributed by atoms with E-state index in [0.717, 1.165) is 15.0 Å². The first-order valence-corrected chi connectivity index (χ1v) is 9.97. The van der Waals surface area contributed by atoms with Crippen molar-refractivity contribution in [3.05, 3.63) is 57.7 Å². The van der Waals surface area contributed by atoms with Gasteiger partial charge in [-0.3, -0.25) is 9.69 Å². The van der Waals surface area contributed by atoms with E-state index in [1.807, 2.05) is 48.5 Å². The molecule has 0 radical (unpaired) electrons. The lowest BCUT2D eigenvalue weighted by atomic mass is 10.2. The Morgan fingerprint density at radius 1 is 1.00 bits per heavy atom. The van der Waals surface area contributed by atoms with Gasteiger partial charge in [0.15, 0.2) is 0 Å². The number of nitrogens with zero attached hydrogens (tertiary/aromatic N) is 1. The first-order valence-electron chi connectivity index (χ1n) is 8.89. The molecule has 0 bridgehead atoms. The zero-order chi connectivity index (χ0) is 19.3. The molecule has 0 saturated heterocycles. The van der Waals surface area contributed by atoms with Crippen LogP contribution < -0.4 is 10.1 Å². The van der Waals surface area contributed by atoms with Gasteiger partial charge in [0.05, 0.1) is 0 Å². The van der Waals surface area contributed by atoms with Crippen molar-refractivity contribution in [2.75, 3.05) is 5.32 Å². The van der Waals surface area contributed by atoms with Crippen molar-refractivity contribution in [3.8, 4) is 5.75 Å². The second-order valence-corrected chi connectivity index (χ2v) is 8.09. The highest BCUT2D eigenvalue weighted by Crippen LogP contribution is 2.20. The fraction of sp³-hybridized carbons (Fsp3) is 0.381. The van der Waals surface area contributed by atoms with Gasteiger partial charge >= 0.3 is 0 Å². The third kappa shape index (κ3) is 5.71. The van der Waals surface area contributed by atoms with Gasteiger partial charge in [-0.2, -0.15) is 0 Å². The van der Waals surface area contributed by atoms with Crippen LogP contribution in [0.5, 0.6) is 5.75 Å². The van der Waals surface area contributed by atoms with Gasteiger partial charge < -0.3 is 10.1 Å². The van der Waals surface area contributed by atoms with Crippen LogP contribution in [0.4, 0.5) is 5.69 Å². The van der Waals surface area contributed by atoms with Crippen LogP contribution in [0, 0.1) is 3.57 Å². The van der Waals surface area contributed by atoms with Crippen LogP contribution in [-0.2, 0) is 0 Å². The summed E-state index contributed by atoms with van der Waals surface area (Å²) in [4.78, 5) is 14.6. The number of carbonyl (C=O) groups excluding carboxylic acids is 1. The normalized spacial score (nSPS) is 12.5. The summed E-state index contributed by atoms with van der Waals surface area (Å²) in [7, 11) is 0. The number of ether oxygens (including phenoxy) is 1. The number of halogens is 1. The summed E-state index contributed by atoms with van der Waals surface area (Å²) in [6.07, 6.45) is -0.0261. The maximum atomic E-state index is 12.3. The van der Waals surface area contributed by atoms with E-state index in [1.54, 1.807) is 0 Å². The van der Waals surface area contributed by atoms with Crippen molar-refractivity contribution in [2.45, 2.75) is 52.9 Å². The highest BCUT2D eigenvalue weighted by Gasteiger charge is 2.21. The Hall–Kier alpha value is -1.60. The SMILES string of the molecule is CC(C)N(C(C)C)C(C)Oc1ccc(NC(=O)c2cccc(I)c2)cc1. The van der Waals surface area contributed by atoms with Crippen molar-refractivity contribution in [2.24, 2.45) is 0 Å². The maximum absolute atomic E-state index is 12.3. The molecule has 0 aliphatic rings. The third-order valence-corrected chi connectivity index (χ3v) is 4.79. The molecule has 1 unspecified atom stereocenters. The molecule has 1 N–H and O–H groups in total. The molecule has 0 fully saturated rings. The molecule has 0 aliphatic heterocycles. The third-order valence-electron chi connectivity index (χ3n) is 4.12. The van der Waals surface area contributed by atoms with Crippen molar-refractivity contribution in [1.29, 1.82) is 0 Å². The number of hydrogen-bond donors (Lipinski definition) is 1. The van der Waals surface area contributed by atoms with Gasteiger partial charge in [-0.15, -0.1) is 0 Å². The van der Waals surface area contributed by atoms with Crippen molar-refractivity contribution in [1.82, 2.24) is 4.90 Å². The van der Waals surface area contributed by atoms with Gasteiger partial charge in [0.25, 0.3) is 5.91 Å². The van der Waals surface area contributed by atoms with Crippen LogP contribution in [0.1, 0.15) is 45.0 Å². The van der Waals surface area contributed by atoms with E-state index in [2.05, 4.69) is 67.4 Å². The van der Waals surface area contributed by atoms with Gasteiger partial charge in [0.1, 0.15) is 12.0 Å². The molecular formula is C21H27IN2O2. The molecule has 4 nitrogen and oxygen atoms in total. The Morgan fingerprint density at radius 3 is 2.15 bits per heavy atom. The Balaban J connectivity index is 2.00. The summed E-state index contributed by atoms with van der Waals surface area (Å²) in [5.74, 6) is 0.674. The fourth-order valence-corrected chi connectivity index (χ4v) is 3.69. The number of anilines is 1. The van der Waals surface area contributed by atoms with Gasteiger partial charge in [-0.25, -0.2) is 0 Å². The van der Waals surface area contributed by atoms with Crippen LogP contribution in [0.3, 0.4) is 0 Å². The number of nitrogens with one attached hydrogen (secondary N) is 1. The van der Waals surface area contributed by atoms with E-state index in [-0.39, 0.29) is 12.1 Å². The summed E-state index contributed by atoms with van der Waals surface area (Å²) in [5, 5.41) is 2.92. The van der Waals surface area contributed by atoms with Gasteiger partial charge in [-0.05, 0) is 99.7 Å². The monoisotopic (exact) mass is 466 g/mol. The van der Waals surface area contributed by atoms with Crippen molar-refractivity contribution < 1.29 is 9.53 Å². The number of benzene rings is 2. The molecule has 140 valence electrons. The zero-order valence-electron chi connectivity index (χ0n) is 16.0. The minimum Gasteiger partial charge on any atom is -0.475 e. The largest absolute Gasteiger partial charge is 0.475 e. The molecule has 1 amide bonds. The highest BCUT2D eigenvalue weighted by molar-refractivity contribution is 14.1. The summed E-state index contributed by atoms with van der Waals surface area (Å²) in [5.41, 5.74) is 1.40. The number of amides is 1. The summed E-state index contributed by atoms with van der Waals surface area (Å²) >= 11 is 2.20.